The van der Waals surface area contributed by atoms with Crippen molar-refractivity contribution in [2.75, 3.05) is 25.5 Å². The zero-order chi connectivity index (χ0) is 21.1. The van der Waals surface area contributed by atoms with Crippen molar-refractivity contribution < 1.29 is 17.9 Å². The molecule has 3 aromatic rings. The fourth-order valence-corrected chi connectivity index (χ4v) is 6.66. The Balaban J connectivity index is 1.42. The third-order valence-electron chi connectivity index (χ3n) is 4.84. The summed E-state index contributed by atoms with van der Waals surface area (Å²) in [4.78, 5) is 12.7. The van der Waals surface area contributed by atoms with Crippen molar-refractivity contribution in [3.8, 4) is 16.3 Å². The molecule has 0 spiro atoms. The van der Waals surface area contributed by atoms with Crippen molar-refractivity contribution in [3.05, 3.63) is 41.8 Å². The number of sulfonamides is 1. The van der Waals surface area contributed by atoms with E-state index in [0.29, 0.717) is 33.7 Å². The number of piperidine rings is 1. The molecule has 11 heteroatoms. The molecule has 1 unspecified atom stereocenters. The highest BCUT2D eigenvalue weighted by atomic mass is 32.2. The first-order valence-corrected chi connectivity index (χ1v) is 12.4. The van der Waals surface area contributed by atoms with Gasteiger partial charge in [-0.15, -0.1) is 21.5 Å². The topological polar surface area (TPSA) is 101 Å². The molecule has 1 N–H and O–H groups in total. The Hall–Kier alpha value is -2.34. The number of hydrogen-bond acceptors (Lipinski definition) is 8. The second-order valence-electron chi connectivity index (χ2n) is 6.76. The molecule has 1 amide bonds. The van der Waals surface area contributed by atoms with Gasteiger partial charge in [0.05, 0.1) is 13.0 Å². The van der Waals surface area contributed by atoms with E-state index in [-0.39, 0.29) is 12.5 Å². The van der Waals surface area contributed by atoms with E-state index in [1.807, 2.05) is 24.3 Å². The second-order valence-corrected chi connectivity index (χ2v) is 10.9. The molecule has 0 saturated carbocycles. The Kier molecular flexibility index (Phi) is 6.14. The number of amides is 1. The van der Waals surface area contributed by atoms with Gasteiger partial charge in [-0.25, -0.2) is 8.42 Å². The van der Waals surface area contributed by atoms with Crippen molar-refractivity contribution in [2.45, 2.75) is 17.1 Å². The first kappa shape index (κ1) is 20.9. The highest BCUT2D eigenvalue weighted by Crippen LogP contribution is 2.30. The quantitative estimate of drug-likeness (QED) is 0.601. The zero-order valence-electron chi connectivity index (χ0n) is 16.1. The zero-order valence-corrected chi connectivity index (χ0v) is 18.6. The minimum absolute atomic E-state index is 0.163. The summed E-state index contributed by atoms with van der Waals surface area (Å²) in [6, 6.07) is 10.7. The summed E-state index contributed by atoms with van der Waals surface area (Å²) >= 11 is 2.45. The minimum atomic E-state index is -3.56. The predicted molar refractivity (Wildman–Crippen MR) is 116 cm³/mol. The number of benzene rings is 1. The third kappa shape index (κ3) is 4.38. The van der Waals surface area contributed by atoms with E-state index in [9.17, 15) is 13.2 Å². The summed E-state index contributed by atoms with van der Waals surface area (Å²) in [7, 11) is -1.96. The molecule has 1 aliphatic rings. The standard InChI is InChI=1S/C19H20N4O4S3/c1-27-15-8-6-13(7-9-15)18-21-22-19(29-18)20-17(24)14-4-2-10-23(12-14)30(25,26)16-5-3-11-28-16/h3,5-9,11,14H,2,4,10,12H2,1H3,(H,20,22,24). The Labute approximate surface area is 182 Å². The van der Waals surface area contributed by atoms with Gasteiger partial charge in [0.25, 0.3) is 10.0 Å². The van der Waals surface area contributed by atoms with Gasteiger partial charge < -0.3 is 10.1 Å². The van der Waals surface area contributed by atoms with Crippen LogP contribution in [0.1, 0.15) is 12.8 Å². The van der Waals surface area contributed by atoms with E-state index >= 15 is 0 Å². The number of nitrogens with one attached hydrogen (secondary N) is 1. The van der Waals surface area contributed by atoms with E-state index in [0.717, 1.165) is 11.3 Å². The van der Waals surface area contributed by atoms with Crippen LogP contribution in [0.3, 0.4) is 0 Å². The molecule has 2 aromatic heterocycles. The molecule has 0 bridgehead atoms. The molecule has 30 heavy (non-hydrogen) atoms. The van der Waals surface area contributed by atoms with Crippen molar-refractivity contribution in [3.63, 3.8) is 0 Å². The van der Waals surface area contributed by atoms with Gasteiger partial charge in [-0.2, -0.15) is 4.31 Å². The van der Waals surface area contributed by atoms with Crippen LogP contribution in [-0.4, -0.2) is 49.0 Å². The van der Waals surface area contributed by atoms with Gasteiger partial charge in [0.15, 0.2) is 0 Å². The van der Waals surface area contributed by atoms with Crippen molar-refractivity contribution in [1.29, 1.82) is 0 Å². The molecule has 1 saturated heterocycles. The van der Waals surface area contributed by atoms with Crippen molar-refractivity contribution in [1.82, 2.24) is 14.5 Å². The normalized spacial score (nSPS) is 17.6. The fraction of sp³-hybridized carbons (Fsp3) is 0.316. The van der Waals surface area contributed by atoms with Gasteiger partial charge in [0, 0.05) is 18.7 Å². The molecule has 1 fully saturated rings. The predicted octanol–water partition coefficient (Wildman–Crippen LogP) is 3.31. The van der Waals surface area contributed by atoms with E-state index in [1.165, 1.54) is 27.0 Å². The van der Waals surface area contributed by atoms with Crippen molar-refractivity contribution >= 4 is 43.7 Å². The van der Waals surface area contributed by atoms with Crippen LogP contribution in [0.5, 0.6) is 5.75 Å². The Morgan fingerprint density at radius 1 is 1.23 bits per heavy atom. The summed E-state index contributed by atoms with van der Waals surface area (Å²) in [6.45, 7) is 0.584. The maximum absolute atomic E-state index is 12.8. The third-order valence-corrected chi connectivity index (χ3v) is 8.96. The van der Waals surface area contributed by atoms with Crippen LogP contribution in [0, 0.1) is 5.92 Å². The molecular weight excluding hydrogens is 444 g/mol. The van der Waals surface area contributed by atoms with E-state index in [1.54, 1.807) is 24.6 Å². The summed E-state index contributed by atoms with van der Waals surface area (Å²) < 4.78 is 32.4. The maximum Gasteiger partial charge on any atom is 0.252 e. The SMILES string of the molecule is COc1ccc(-c2nnc(NC(=O)C3CCCN(S(=O)(=O)c4cccs4)C3)s2)cc1. The summed E-state index contributed by atoms with van der Waals surface area (Å²) in [6.07, 6.45) is 1.27. The van der Waals surface area contributed by atoms with Crippen LogP contribution in [0.4, 0.5) is 5.13 Å². The number of aromatic nitrogens is 2. The molecule has 1 aromatic carbocycles. The van der Waals surface area contributed by atoms with Crippen molar-refractivity contribution in [2.24, 2.45) is 5.92 Å². The highest BCUT2D eigenvalue weighted by molar-refractivity contribution is 7.91. The Morgan fingerprint density at radius 2 is 2.03 bits per heavy atom. The summed E-state index contributed by atoms with van der Waals surface area (Å²) in [5.74, 6) is 0.0801. The average molecular weight is 465 g/mol. The first-order valence-electron chi connectivity index (χ1n) is 9.30. The van der Waals surface area contributed by atoms with Gasteiger partial charge >= 0.3 is 0 Å². The van der Waals surface area contributed by atoms with E-state index < -0.39 is 15.9 Å². The number of nitrogens with zero attached hydrogens (tertiary/aromatic N) is 3. The fourth-order valence-electron chi connectivity index (χ4n) is 3.24. The van der Waals surface area contributed by atoms with Gasteiger partial charge in [-0.05, 0) is 48.6 Å². The number of methoxy groups -OCH3 is 1. The number of anilines is 1. The van der Waals surface area contributed by atoms with Gasteiger partial charge in [-0.1, -0.05) is 17.4 Å². The van der Waals surface area contributed by atoms with Crippen LogP contribution in [0.15, 0.2) is 46.0 Å². The molecule has 0 aliphatic carbocycles. The smallest absolute Gasteiger partial charge is 0.252 e. The number of rotatable bonds is 6. The van der Waals surface area contributed by atoms with Crippen LogP contribution in [0.2, 0.25) is 0 Å². The molecule has 1 aliphatic heterocycles. The van der Waals surface area contributed by atoms with Gasteiger partial charge in [0.2, 0.25) is 11.0 Å². The van der Waals surface area contributed by atoms with Crippen LogP contribution < -0.4 is 10.1 Å². The first-order chi connectivity index (χ1) is 14.5. The van der Waals surface area contributed by atoms with Gasteiger partial charge in [-0.3, -0.25) is 4.79 Å². The highest BCUT2D eigenvalue weighted by Gasteiger charge is 2.34. The largest absolute Gasteiger partial charge is 0.497 e. The molecule has 158 valence electrons. The molecule has 3 heterocycles. The van der Waals surface area contributed by atoms with Crippen LogP contribution in [-0.2, 0) is 14.8 Å². The van der Waals surface area contributed by atoms with E-state index in [2.05, 4.69) is 15.5 Å². The molecular formula is C19H20N4O4S3. The average Bonchev–Trinajstić information content (AvgIpc) is 3.47. The number of hydrogen-bond donors (Lipinski definition) is 1. The number of ether oxygens (including phenoxy) is 1. The molecule has 4 rings (SSSR count). The number of carbonyl (C=O) groups is 1. The Bertz CT molecular complexity index is 1110. The monoisotopic (exact) mass is 464 g/mol. The lowest BCUT2D eigenvalue weighted by Crippen LogP contribution is -2.43. The van der Waals surface area contributed by atoms with Crippen LogP contribution in [0.25, 0.3) is 10.6 Å². The lowest BCUT2D eigenvalue weighted by atomic mass is 9.99. The minimum Gasteiger partial charge on any atom is -0.497 e. The van der Waals surface area contributed by atoms with Gasteiger partial charge in [0.1, 0.15) is 15.0 Å². The summed E-state index contributed by atoms with van der Waals surface area (Å²) in [5.41, 5.74) is 0.875. The maximum atomic E-state index is 12.8. The number of carbonyl (C=O) groups excluding carboxylic acids is 1. The molecule has 8 nitrogen and oxygen atoms in total. The van der Waals surface area contributed by atoms with E-state index in [4.69, 9.17) is 4.74 Å². The Morgan fingerprint density at radius 3 is 2.73 bits per heavy atom. The molecule has 1 atom stereocenters. The lowest BCUT2D eigenvalue weighted by Gasteiger charge is -2.30. The molecule has 0 radical (unpaired) electrons. The number of thiophene rings is 1. The lowest BCUT2D eigenvalue weighted by molar-refractivity contribution is -0.120. The van der Waals surface area contributed by atoms with Crippen LogP contribution >= 0.6 is 22.7 Å². The summed E-state index contributed by atoms with van der Waals surface area (Å²) in [5, 5.41) is 13.8. The second kappa shape index (κ2) is 8.80.